The lowest BCUT2D eigenvalue weighted by Crippen LogP contribution is -2.42. The highest BCUT2D eigenvalue weighted by molar-refractivity contribution is 9.10. The summed E-state index contributed by atoms with van der Waals surface area (Å²) in [7, 11) is 0. The van der Waals surface area contributed by atoms with Crippen LogP contribution in [0.4, 0.5) is 0 Å². The van der Waals surface area contributed by atoms with Crippen LogP contribution in [0.15, 0.2) is 59.1 Å². The molecule has 1 N–H and O–H groups in total. The lowest BCUT2D eigenvalue weighted by molar-refractivity contribution is 0.0973. The second kappa shape index (κ2) is 9.16. The third-order valence-electron chi connectivity index (χ3n) is 3.32. The van der Waals surface area contributed by atoms with Crippen molar-refractivity contribution in [3.63, 3.8) is 0 Å². The van der Waals surface area contributed by atoms with Gasteiger partial charge < -0.3 is 4.90 Å². The first kappa shape index (κ1) is 18.1. The second-order valence-corrected chi connectivity index (χ2v) is 6.38. The van der Waals surface area contributed by atoms with Gasteiger partial charge in [-0.1, -0.05) is 46.3 Å². The average molecular weight is 402 g/mol. The van der Waals surface area contributed by atoms with Crippen molar-refractivity contribution in [3.8, 4) is 6.07 Å². The van der Waals surface area contributed by atoms with Crippen LogP contribution in [-0.2, 0) is 6.54 Å². The van der Waals surface area contributed by atoms with E-state index in [1.54, 1.807) is 24.3 Å². The van der Waals surface area contributed by atoms with E-state index in [2.05, 4.69) is 27.3 Å². The third-order valence-corrected chi connectivity index (χ3v) is 4.21. The Kier molecular flexibility index (Phi) is 6.91. The molecular formula is C18H16BrN3OS. The lowest BCUT2D eigenvalue weighted by Gasteiger charge is -2.24. The number of hydrogen-bond donors (Lipinski definition) is 1. The minimum Gasteiger partial charge on any atom is -0.344 e. The van der Waals surface area contributed by atoms with Crippen molar-refractivity contribution >= 4 is 39.2 Å². The summed E-state index contributed by atoms with van der Waals surface area (Å²) in [5.41, 5.74) is 1.59. The topological polar surface area (TPSA) is 56.1 Å². The quantitative estimate of drug-likeness (QED) is 0.772. The summed E-state index contributed by atoms with van der Waals surface area (Å²) in [6.45, 7) is 1.01. The summed E-state index contributed by atoms with van der Waals surface area (Å²) in [5.74, 6) is -0.262. The van der Waals surface area contributed by atoms with E-state index < -0.39 is 0 Å². The van der Waals surface area contributed by atoms with Gasteiger partial charge in [-0.15, -0.1) is 0 Å². The minimum atomic E-state index is -0.262. The summed E-state index contributed by atoms with van der Waals surface area (Å²) >= 11 is 8.70. The molecule has 0 saturated carbocycles. The predicted molar refractivity (Wildman–Crippen MR) is 101 cm³/mol. The Morgan fingerprint density at radius 3 is 2.46 bits per heavy atom. The number of rotatable bonds is 5. The molecule has 0 aliphatic rings. The second-order valence-electron chi connectivity index (χ2n) is 5.08. The van der Waals surface area contributed by atoms with E-state index in [1.165, 1.54) is 0 Å². The SMILES string of the molecule is N#CCCN(Cc1ccccc1)C(=S)NC(=O)c1ccc(Br)cc1. The third kappa shape index (κ3) is 5.44. The maximum atomic E-state index is 12.3. The first-order valence-corrected chi connectivity index (χ1v) is 8.57. The van der Waals surface area contributed by atoms with Crippen molar-refractivity contribution in [1.82, 2.24) is 10.2 Å². The molecule has 122 valence electrons. The van der Waals surface area contributed by atoms with Gasteiger partial charge >= 0.3 is 0 Å². The number of thiocarbonyl (C=S) groups is 1. The van der Waals surface area contributed by atoms with Gasteiger partial charge in [0.1, 0.15) is 0 Å². The molecule has 0 bridgehead atoms. The predicted octanol–water partition coefficient (Wildman–Crippen LogP) is 3.88. The van der Waals surface area contributed by atoms with E-state index in [9.17, 15) is 4.79 Å². The molecule has 2 rings (SSSR count). The van der Waals surface area contributed by atoms with Gasteiger partial charge in [0.2, 0.25) is 0 Å². The molecule has 0 unspecified atom stereocenters. The van der Waals surface area contributed by atoms with Gasteiger partial charge in [0, 0.05) is 23.1 Å². The fourth-order valence-corrected chi connectivity index (χ4v) is 2.60. The van der Waals surface area contributed by atoms with E-state index in [0.717, 1.165) is 10.0 Å². The number of halogens is 1. The van der Waals surface area contributed by atoms with Crippen molar-refractivity contribution in [1.29, 1.82) is 5.26 Å². The van der Waals surface area contributed by atoms with Crippen LogP contribution in [0.1, 0.15) is 22.3 Å². The number of carbonyl (C=O) groups excluding carboxylic acids is 1. The van der Waals surface area contributed by atoms with E-state index in [-0.39, 0.29) is 5.91 Å². The molecule has 2 aromatic carbocycles. The summed E-state index contributed by atoms with van der Waals surface area (Å²) in [6, 6.07) is 19.0. The molecule has 1 amide bonds. The normalized spacial score (nSPS) is 9.83. The molecule has 6 heteroatoms. The Labute approximate surface area is 155 Å². The maximum Gasteiger partial charge on any atom is 0.257 e. The molecule has 0 saturated heterocycles. The van der Waals surface area contributed by atoms with Crippen LogP contribution >= 0.6 is 28.1 Å². The van der Waals surface area contributed by atoms with Gasteiger partial charge in [0.25, 0.3) is 5.91 Å². The first-order valence-electron chi connectivity index (χ1n) is 7.37. The average Bonchev–Trinajstić information content (AvgIpc) is 2.60. The Hall–Kier alpha value is -2.23. The Bertz CT molecular complexity index is 741. The van der Waals surface area contributed by atoms with Crippen molar-refractivity contribution in [3.05, 3.63) is 70.2 Å². The van der Waals surface area contributed by atoms with Gasteiger partial charge in [0.15, 0.2) is 5.11 Å². The molecule has 0 atom stereocenters. The zero-order valence-electron chi connectivity index (χ0n) is 12.9. The van der Waals surface area contributed by atoms with Crippen LogP contribution in [0, 0.1) is 11.3 Å². The molecule has 0 spiro atoms. The highest BCUT2D eigenvalue weighted by atomic mass is 79.9. The summed E-state index contributed by atoms with van der Waals surface area (Å²) in [4.78, 5) is 14.1. The van der Waals surface area contributed by atoms with E-state index >= 15 is 0 Å². The molecule has 4 nitrogen and oxygen atoms in total. The number of nitrogens with zero attached hydrogens (tertiary/aromatic N) is 2. The molecule has 24 heavy (non-hydrogen) atoms. The molecule has 0 aliphatic carbocycles. The lowest BCUT2D eigenvalue weighted by atomic mass is 10.2. The molecule has 0 fully saturated rings. The Morgan fingerprint density at radius 2 is 1.83 bits per heavy atom. The Morgan fingerprint density at radius 1 is 1.17 bits per heavy atom. The van der Waals surface area contributed by atoms with Gasteiger partial charge in [-0.3, -0.25) is 10.1 Å². The number of benzene rings is 2. The van der Waals surface area contributed by atoms with Crippen molar-refractivity contribution in [2.24, 2.45) is 0 Å². The fourth-order valence-electron chi connectivity index (χ4n) is 2.09. The molecule has 2 aromatic rings. The van der Waals surface area contributed by atoms with Crippen LogP contribution in [0.2, 0.25) is 0 Å². The first-order chi connectivity index (χ1) is 11.6. The zero-order valence-corrected chi connectivity index (χ0v) is 15.3. The highest BCUT2D eigenvalue weighted by Gasteiger charge is 2.14. The van der Waals surface area contributed by atoms with Gasteiger partial charge in [-0.25, -0.2) is 0 Å². The van der Waals surface area contributed by atoms with E-state index in [1.807, 2.05) is 35.2 Å². The number of carbonyl (C=O) groups is 1. The van der Waals surface area contributed by atoms with Crippen LogP contribution < -0.4 is 5.32 Å². The molecule has 0 radical (unpaired) electrons. The molecule has 0 heterocycles. The largest absolute Gasteiger partial charge is 0.344 e. The summed E-state index contributed by atoms with van der Waals surface area (Å²) < 4.78 is 0.904. The minimum absolute atomic E-state index is 0.262. The smallest absolute Gasteiger partial charge is 0.257 e. The zero-order chi connectivity index (χ0) is 17.4. The van der Waals surface area contributed by atoms with Crippen molar-refractivity contribution < 1.29 is 4.79 Å². The van der Waals surface area contributed by atoms with Crippen LogP contribution in [-0.4, -0.2) is 22.5 Å². The highest BCUT2D eigenvalue weighted by Crippen LogP contribution is 2.11. The number of nitriles is 1. The van der Waals surface area contributed by atoms with Gasteiger partial charge in [-0.05, 0) is 42.0 Å². The van der Waals surface area contributed by atoms with Gasteiger partial charge in [0.05, 0.1) is 12.5 Å². The monoisotopic (exact) mass is 401 g/mol. The molecular weight excluding hydrogens is 386 g/mol. The van der Waals surface area contributed by atoms with Crippen molar-refractivity contribution in [2.45, 2.75) is 13.0 Å². The van der Waals surface area contributed by atoms with E-state index in [0.29, 0.717) is 30.2 Å². The van der Waals surface area contributed by atoms with Crippen molar-refractivity contribution in [2.75, 3.05) is 6.54 Å². The summed E-state index contributed by atoms with van der Waals surface area (Å²) in [6.07, 6.45) is 0.334. The molecule has 0 aromatic heterocycles. The standard InChI is InChI=1S/C18H16BrN3OS/c19-16-9-7-15(8-10-16)17(23)21-18(24)22(12-4-11-20)13-14-5-2-1-3-6-14/h1-3,5-10H,4,12-13H2,(H,21,23,24). The number of amides is 1. The van der Waals surface area contributed by atoms with Gasteiger partial charge in [-0.2, -0.15) is 5.26 Å². The maximum absolute atomic E-state index is 12.3. The summed E-state index contributed by atoms with van der Waals surface area (Å²) in [5, 5.41) is 11.9. The Balaban J connectivity index is 2.05. The van der Waals surface area contributed by atoms with Crippen LogP contribution in [0.3, 0.4) is 0 Å². The molecule has 0 aliphatic heterocycles. The van der Waals surface area contributed by atoms with E-state index in [4.69, 9.17) is 17.5 Å². The van der Waals surface area contributed by atoms with Crippen LogP contribution in [0.5, 0.6) is 0 Å². The van der Waals surface area contributed by atoms with Crippen LogP contribution in [0.25, 0.3) is 0 Å². The number of nitrogens with one attached hydrogen (secondary N) is 1. The fraction of sp³-hybridized carbons (Fsp3) is 0.167. The number of hydrogen-bond acceptors (Lipinski definition) is 3.